The lowest BCUT2D eigenvalue weighted by Crippen LogP contribution is -2.38. The molecule has 0 bridgehead atoms. The Labute approximate surface area is 147 Å². The van der Waals surface area contributed by atoms with Crippen molar-refractivity contribution in [3.63, 3.8) is 0 Å². The molecule has 1 aliphatic rings. The summed E-state index contributed by atoms with van der Waals surface area (Å²) in [5.41, 5.74) is 5.26. The summed E-state index contributed by atoms with van der Waals surface area (Å²) in [6.45, 7) is 9.36. The fraction of sp³-hybridized carbons (Fsp3) is 0.500. The Morgan fingerprint density at radius 1 is 1.20 bits per heavy atom. The average molecular weight is 340 g/mol. The third-order valence-electron chi connectivity index (χ3n) is 4.72. The number of rotatable bonds is 3. The van der Waals surface area contributed by atoms with Crippen LogP contribution in [0.1, 0.15) is 34.6 Å². The molecule has 4 rings (SSSR count). The first-order chi connectivity index (χ1) is 12.0. The first-order valence-corrected chi connectivity index (χ1v) is 8.66. The Morgan fingerprint density at radius 3 is 2.80 bits per heavy atom. The standard InChI is InChI=1S/C18H24N6O/c1-12-7-14(3)24-17(20-12)15(8-19-24)10-23-5-6-25-16(11-23)18-21-13(2)9-22(18)4/h7-9,16H,5-6,10-11H2,1-4H3/t16-/m1/s1. The van der Waals surface area contributed by atoms with Crippen molar-refractivity contribution in [1.29, 1.82) is 0 Å². The van der Waals surface area contributed by atoms with Crippen LogP contribution in [0.3, 0.4) is 0 Å². The predicted molar refractivity (Wildman–Crippen MR) is 94.4 cm³/mol. The van der Waals surface area contributed by atoms with Crippen molar-refractivity contribution in [2.75, 3.05) is 19.7 Å². The molecule has 0 aromatic carbocycles. The first kappa shape index (κ1) is 16.2. The summed E-state index contributed by atoms with van der Waals surface area (Å²) in [4.78, 5) is 11.7. The third kappa shape index (κ3) is 3.05. The van der Waals surface area contributed by atoms with Gasteiger partial charge in [-0.2, -0.15) is 5.10 Å². The number of ether oxygens (including phenoxy) is 1. The number of morpholine rings is 1. The van der Waals surface area contributed by atoms with Crippen molar-refractivity contribution in [2.24, 2.45) is 7.05 Å². The van der Waals surface area contributed by atoms with Crippen LogP contribution in [-0.2, 0) is 18.3 Å². The molecule has 1 fully saturated rings. The van der Waals surface area contributed by atoms with Crippen LogP contribution in [0.25, 0.3) is 5.65 Å². The van der Waals surface area contributed by atoms with Gasteiger partial charge in [-0.1, -0.05) is 0 Å². The van der Waals surface area contributed by atoms with Crippen molar-refractivity contribution >= 4 is 5.65 Å². The minimum Gasteiger partial charge on any atom is -0.368 e. The molecule has 4 heterocycles. The number of hydrogen-bond acceptors (Lipinski definition) is 5. The molecule has 132 valence electrons. The van der Waals surface area contributed by atoms with Gasteiger partial charge in [0.15, 0.2) is 5.65 Å². The zero-order chi connectivity index (χ0) is 17.6. The second kappa shape index (κ2) is 6.24. The molecular weight excluding hydrogens is 316 g/mol. The molecule has 3 aromatic rings. The second-order valence-electron chi connectivity index (χ2n) is 6.89. The second-order valence-corrected chi connectivity index (χ2v) is 6.89. The van der Waals surface area contributed by atoms with Gasteiger partial charge < -0.3 is 9.30 Å². The van der Waals surface area contributed by atoms with Gasteiger partial charge in [-0.3, -0.25) is 4.90 Å². The summed E-state index contributed by atoms with van der Waals surface area (Å²) in [6, 6.07) is 2.05. The fourth-order valence-electron chi connectivity index (χ4n) is 3.60. The molecule has 3 aromatic heterocycles. The smallest absolute Gasteiger partial charge is 0.159 e. The monoisotopic (exact) mass is 340 g/mol. The van der Waals surface area contributed by atoms with Gasteiger partial charge in [0.25, 0.3) is 0 Å². The summed E-state index contributed by atoms with van der Waals surface area (Å²) >= 11 is 0. The molecule has 1 saturated heterocycles. The molecule has 0 aliphatic carbocycles. The van der Waals surface area contributed by atoms with Crippen LogP contribution in [0.15, 0.2) is 18.5 Å². The lowest BCUT2D eigenvalue weighted by atomic mass is 10.2. The van der Waals surface area contributed by atoms with E-state index in [0.29, 0.717) is 6.61 Å². The van der Waals surface area contributed by atoms with Crippen molar-refractivity contribution in [3.05, 3.63) is 46.9 Å². The van der Waals surface area contributed by atoms with E-state index in [0.717, 1.165) is 53.8 Å². The topological polar surface area (TPSA) is 60.5 Å². The number of aryl methyl sites for hydroxylation is 4. The number of hydrogen-bond donors (Lipinski definition) is 0. The highest BCUT2D eigenvalue weighted by Gasteiger charge is 2.26. The summed E-state index contributed by atoms with van der Waals surface area (Å²) < 4.78 is 9.95. The predicted octanol–water partition coefficient (Wildman–Crippen LogP) is 1.96. The van der Waals surface area contributed by atoms with Gasteiger partial charge in [-0.25, -0.2) is 14.5 Å². The first-order valence-electron chi connectivity index (χ1n) is 8.66. The van der Waals surface area contributed by atoms with Gasteiger partial charge in [0.1, 0.15) is 11.9 Å². The molecule has 0 saturated carbocycles. The average Bonchev–Trinajstić information content (AvgIpc) is 3.11. The third-order valence-corrected chi connectivity index (χ3v) is 4.72. The fourth-order valence-corrected chi connectivity index (χ4v) is 3.60. The Balaban J connectivity index is 1.56. The van der Waals surface area contributed by atoms with E-state index < -0.39 is 0 Å². The number of fused-ring (bicyclic) bond motifs is 1. The maximum absolute atomic E-state index is 5.97. The quantitative estimate of drug-likeness (QED) is 0.729. The largest absolute Gasteiger partial charge is 0.368 e. The highest BCUT2D eigenvalue weighted by molar-refractivity contribution is 5.47. The van der Waals surface area contributed by atoms with Crippen LogP contribution in [0.5, 0.6) is 0 Å². The lowest BCUT2D eigenvalue weighted by Gasteiger charge is -2.32. The molecule has 7 nitrogen and oxygen atoms in total. The summed E-state index contributed by atoms with van der Waals surface area (Å²) in [5.74, 6) is 0.992. The SMILES string of the molecule is Cc1cn(C)c([C@H]2CN(Cc3cnn4c(C)cc(C)nc34)CCO2)n1. The molecule has 0 N–H and O–H groups in total. The summed E-state index contributed by atoms with van der Waals surface area (Å²) in [7, 11) is 2.03. The van der Waals surface area contributed by atoms with Crippen LogP contribution in [-0.4, -0.2) is 48.7 Å². The van der Waals surface area contributed by atoms with Crippen molar-refractivity contribution in [3.8, 4) is 0 Å². The Bertz CT molecular complexity index is 912. The van der Waals surface area contributed by atoms with Crippen LogP contribution < -0.4 is 0 Å². The van der Waals surface area contributed by atoms with Gasteiger partial charge in [0, 0.05) is 49.8 Å². The molecule has 1 aliphatic heterocycles. The van der Waals surface area contributed by atoms with E-state index >= 15 is 0 Å². The Morgan fingerprint density at radius 2 is 2.04 bits per heavy atom. The van der Waals surface area contributed by atoms with E-state index in [1.165, 1.54) is 0 Å². The van der Waals surface area contributed by atoms with E-state index in [9.17, 15) is 0 Å². The van der Waals surface area contributed by atoms with Crippen LogP contribution in [0.2, 0.25) is 0 Å². The minimum atomic E-state index is 0.00530. The molecule has 0 spiro atoms. The Hall–Kier alpha value is -2.25. The van der Waals surface area contributed by atoms with Crippen LogP contribution >= 0.6 is 0 Å². The van der Waals surface area contributed by atoms with Crippen LogP contribution in [0.4, 0.5) is 0 Å². The molecule has 0 amide bonds. The number of nitrogens with zero attached hydrogens (tertiary/aromatic N) is 6. The minimum absolute atomic E-state index is 0.00530. The van der Waals surface area contributed by atoms with E-state index in [1.807, 2.05) is 37.8 Å². The molecule has 1 atom stereocenters. The van der Waals surface area contributed by atoms with E-state index in [-0.39, 0.29) is 6.10 Å². The number of aromatic nitrogens is 5. The summed E-state index contributed by atoms with van der Waals surface area (Å²) in [5, 5.41) is 4.50. The molecule has 7 heteroatoms. The molecule has 25 heavy (non-hydrogen) atoms. The van der Waals surface area contributed by atoms with E-state index in [2.05, 4.69) is 37.5 Å². The molecular formula is C18H24N6O. The van der Waals surface area contributed by atoms with Gasteiger partial charge in [-0.15, -0.1) is 0 Å². The normalized spacial score (nSPS) is 19.0. The van der Waals surface area contributed by atoms with Crippen molar-refractivity contribution < 1.29 is 4.74 Å². The maximum atomic E-state index is 5.97. The Kier molecular flexibility index (Phi) is 4.05. The molecule has 0 unspecified atom stereocenters. The van der Waals surface area contributed by atoms with Gasteiger partial charge in [0.2, 0.25) is 0 Å². The zero-order valence-corrected chi connectivity index (χ0v) is 15.2. The van der Waals surface area contributed by atoms with Crippen molar-refractivity contribution in [2.45, 2.75) is 33.4 Å². The highest BCUT2D eigenvalue weighted by Crippen LogP contribution is 2.23. The van der Waals surface area contributed by atoms with Crippen molar-refractivity contribution in [1.82, 2.24) is 29.0 Å². The van der Waals surface area contributed by atoms with Gasteiger partial charge in [0.05, 0.1) is 18.5 Å². The van der Waals surface area contributed by atoms with Crippen LogP contribution in [0, 0.1) is 20.8 Å². The summed E-state index contributed by atoms with van der Waals surface area (Å²) in [6.07, 6.45) is 3.98. The van der Waals surface area contributed by atoms with Gasteiger partial charge >= 0.3 is 0 Å². The van der Waals surface area contributed by atoms with Gasteiger partial charge in [-0.05, 0) is 26.8 Å². The highest BCUT2D eigenvalue weighted by atomic mass is 16.5. The van der Waals surface area contributed by atoms with E-state index in [4.69, 9.17) is 4.74 Å². The zero-order valence-electron chi connectivity index (χ0n) is 15.2. The maximum Gasteiger partial charge on any atom is 0.159 e. The molecule has 0 radical (unpaired) electrons. The number of imidazole rings is 1. The lowest BCUT2D eigenvalue weighted by molar-refractivity contribution is -0.0383. The van der Waals surface area contributed by atoms with E-state index in [1.54, 1.807) is 0 Å².